The van der Waals surface area contributed by atoms with Crippen LogP contribution in [0.25, 0.3) is 22.9 Å². The third kappa shape index (κ3) is 4.88. The Morgan fingerprint density at radius 1 is 0.650 bits per heavy atom. The summed E-state index contributed by atoms with van der Waals surface area (Å²) in [5.74, 6) is 0.687. The van der Waals surface area contributed by atoms with Gasteiger partial charge < -0.3 is 0 Å². The molecule has 6 aromatic rings. The Balaban J connectivity index is 1.75. The van der Waals surface area contributed by atoms with Gasteiger partial charge in [0, 0.05) is 16.7 Å². The van der Waals surface area contributed by atoms with E-state index in [1.54, 1.807) is 0 Å². The number of tetrazole rings is 1. The number of benzene rings is 5. The highest BCUT2D eigenvalue weighted by Gasteiger charge is 2.52. The zero-order valence-corrected chi connectivity index (χ0v) is 23.6. The second-order valence-electron chi connectivity index (χ2n) is 9.51. The quantitative estimate of drug-likeness (QED) is 0.194. The van der Waals surface area contributed by atoms with Gasteiger partial charge in [-0.1, -0.05) is 108 Å². The lowest BCUT2D eigenvalue weighted by Gasteiger charge is -2.29. The van der Waals surface area contributed by atoms with Gasteiger partial charge in [-0.2, -0.15) is 4.68 Å². The molecule has 0 aliphatic rings. The molecule has 0 amide bonds. The highest BCUT2D eigenvalue weighted by atomic mass is 35.5. The molecule has 6 rings (SSSR count). The molecule has 0 unspecified atom stereocenters. The molecular formula is C34H27ClN4P+. The molecule has 0 atom stereocenters. The Morgan fingerprint density at radius 2 is 1.15 bits per heavy atom. The number of hydrogen-bond donors (Lipinski definition) is 0. The standard InChI is InChI=1S/C34H27ClN4P/c1-26-17-21-28(22-18-26)34-36-37-38-39(34)33(25-27-19-23-29(35)24-20-27)40(30-11-5-2-6-12-30,31-13-7-3-8-14-31)32-15-9-4-10-16-32/h2-25H,1H3/q+1/b33-25+. The van der Waals surface area contributed by atoms with Gasteiger partial charge in [-0.3, -0.25) is 0 Å². The van der Waals surface area contributed by atoms with Gasteiger partial charge in [-0.05, 0) is 71.4 Å². The highest BCUT2D eigenvalue weighted by molar-refractivity contribution is 8.03. The van der Waals surface area contributed by atoms with Crippen LogP contribution in [0, 0.1) is 6.92 Å². The summed E-state index contributed by atoms with van der Waals surface area (Å²) < 4.78 is 1.93. The lowest BCUT2D eigenvalue weighted by Crippen LogP contribution is -2.33. The number of nitrogens with zero attached hydrogens (tertiary/aromatic N) is 4. The van der Waals surface area contributed by atoms with Gasteiger partial charge in [0.15, 0.2) is 13.1 Å². The van der Waals surface area contributed by atoms with Crippen LogP contribution in [0.2, 0.25) is 5.02 Å². The third-order valence-electron chi connectivity index (χ3n) is 6.94. The minimum atomic E-state index is -2.54. The topological polar surface area (TPSA) is 43.6 Å². The Hall–Kier alpha value is -4.37. The average Bonchev–Trinajstić information content (AvgIpc) is 3.50. The van der Waals surface area contributed by atoms with Gasteiger partial charge in [0.25, 0.3) is 0 Å². The van der Waals surface area contributed by atoms with Crippen molar-refractivity contribution in [2.24, 2.45) is 0 Å². The number of halogens is 1. The van der Waals surface area contributed by atoms with Crippen molar-refractivity contribution in [3.8, 4) is 11.4 Å². The number of hydrogen-bond acceptors (Lipinski definition) is 3. The monoisotopic (exact) mass is 557 g/mol. The maximum atomic E-state index is 6.29. The normalized spacial score (nSPS) is 11.9. The summed E-state index contributed by atoms with van der Waals surface area (Å²) in [4.78, 5) is 0. The van der Waals surface area contributed by atoms with E-state index in [1.165, 1.54) is 21.5 Å². The van der Waals surface area contributed by atoms with Crippen LogP contribution >= 0.6 is 18.9 Å². The van der Waals surface area contributed by atoms with Crippen molar-refractivity contribution in [1.82, 2.24) is 20.2 Å². The Kier molecular flexibility index (Phi) is 7.37. The zero-order chi connectivity index (χ0) is 27.4. The van der Waals surface area contributed by atoms with E-state index >= 15 is 0 Å². The van der Waals surface area contributed by atoms with E-state index in [9.17, 15) is 0 Å². The van der Waals surface area contributed by atoms with Crippen molar-refractivity contribution >= 4 is 46.3 Å². The van der Waals surface area contributed by atoms with Crippen LogP contribution in [0.5, 0.6) is 0 Å². The summed E-state index contributed by atoms with van der Waals surface area (Å²) in [6.45, 7) is 2.08. The van der Waals surface area contributed by atoms with Crippen molar-refractivity contribution in [1.29, 1.82) is 0 Å². The molecule has 0 bridgehead atoms. The molecule has 0 fully saturated rings. The van der Waals surface area contributed by atoms with Gasteiger partial charge in [0.1, 0.15) is 15.9 Å². The van der Waals surface area contributed by atoms with E-state index in [4.69, 9.17) is 11.6 Å². The summed E-state index contributed by atoms with van der Waals surface area (Å²) in [6.07, 6.45) is 2.21. The van der Waals surface area contributed by atoms with Gasteiger partial charge in [0.2, 0.25) is 5.44 Å². The molecule has 0 spiro atoms. The van der Waals surface area contributed by atoms with Crippen LogP contribution in [0.4, 0.5) is 0 Å². The largest absolute Gasteiger partial charge is 0.203 e. The van der Waals surface area contributed by atoms with Crippen LogP contribution < -0.4 is 15.9 Å². The SMILES string of the molecule is Cc1ccc(-c2nnnn2/C(=C\c2ccc(Cl)cc2)[P+](c2ccccc2)(c2ccccc2)c2ccccc2)cc1. The second-order valence-corrected chi connectivity index (χ2v) is 13.3. The van der Waals surface area contributed by atoms with E-state index in [-0.39, 0.29) is 0 Å². The summed E-state index contributed by atoms with van der Waals surface area (Å²) in [6, 6.07) is 48.4. The molecule has 0 aliphatic carbocycles. The molecule has 1 aromatic heterocycles. The zero-order valence-electron chi connectivity index (χ0n) is 22.0. The third-order valence-corrected chi connectivity index (χ3v) is 11.4. The van der Waals surface area contributed by atoms with Gasteiger partial charge in [0.05, 0.1) is 0 Å². The van der Waals surface area contributed by atoms with Gasteiger partial charge in [-0.25, -0.2) is 0 Å². The lowest BCUT2D eigenvalue weighted by molar-refractivity contribution is 0.815. The van der Waals surface area contributed by atoms with E-state index < -0.39 is 7.26 Å². The fraction of sp³-hybridized carbons (Fsp3) is 0.0294. The Labute approximate surface area is 239 Å². The number of rotatable bonds is 7. The van der Waals surface area contributed by atoms with Crippen LogP contribution in [-0.2, 0) is 0 Å². The summed E-state index contributed by atoms with van der Waals surface area (Å²) in [5, 5.41) is 17.7. The smallest absolute Gasteiger partial charge is 0.159 e. The van der Waals surface area contributed by atoms with Crippen LogP contribution in [0.1, 0.15) is 11.1 Å². The first-order valence-corrected chi connectivity index (χ1v) is 15.2. The van der Waals surface area contributed by atoms with Gasteiger partial charge >= 0.3 is 0 Å². The van der Waals surface area contributed by atoms with Crippen LogP contribution in [0.15, 0.2) is 140 Å². The first-order valence-electron chi connectivity index (χ1n) is 13.1. The van der Waals surface area contributed by atoms with Crippen molar-refractivity contribution in [2.45, 2.75) is 6.92 Å². The molecular weight excluding hydrogens is 531 g/mol. The lowest BCUT2D eigenvalue weighted by atomic mass is 10.1. The van der Waals surface area contributed by atoms with E-state index in [1.807, 2.05) is 28.9 Å². The van der Waals surface area contributed by atoms with E-state index in [0.29, 0.717) is 10.8 Å². The van der Waals surface area contributed by atoms with Crippen LogP contribution in [0.3, 0.4) is 0 Å². The molecule has 0 saturated heterocycles. The minimum Gasteiger partial charge on any atom is -0.159 e. The Bertz CT molecular complexity index is 1640. The highest BCUT2D eigenvalue weighted by Crippen LogP contribution is 2.65. The summed E-state index contributed by atoms with van der Waals surface area (Å²) in [5.41, 5.74) is 4.14. The molecule has 0 saturated carbocycles. The molecule has 4 nitrogen and oxygen atoms in total. The van der Waals surface area contributed by atoms with Crippen molar-refractivity contribution < 1.29 is 0 Å². The summed E-state index contributed by atoms with van der Waals surface area (Å²) in [7, 11) is -2.54. The fourth-order valence-corrected chi connectivity index (χ4v) is 9.46. The maximum Gasteiger partial charge on any atom is 0.203 e. The molecule has 1 heterocycles. The molecule has 5 aromatic carbocycles. The first-order chi connectivity index (χ1) is 19.7. The maximum absolute atomic E-state index is 6.29. The number of aromatic nitrogens is 4. The predicted molar refractivity (Wildman–Crippen MR) is 169 cm³/mol. The predicted octanol–water partition coefficient (Wildman–Crippen LogP) is 7.25. The minimum absolute atomic E-state index is 0.687. The average molecular weight is 558 g/mol. The molecule has 0 radical (unpaired) electrons. The number of aryl methyl sites for hydroxylation is 1. The molecule has 0 aliphatic heterocycles. The molecule has 40 heavy (non-hydrogen) atoms. The van der Waals surface area contributed by atoms with Crippen molar-refractivity contribution in [2.75, 3.05) is 0 Å². The van der Waals surface area contributed by atoms with Crippen LogP contribution in [-0.4, -0.2) is 20.2 Å². The van der Waals surface area contributed by atoms with Crippen molar-refractivity contribution in [3.05, 3.63) is 156 Å². The molecule has 6 heteroatoms. The fourth-order valence-electron chi connectivity index (χ4n) is 5.03. The van der Waals surface area contributed by atoms with E-state index in [2.05, 4.69) is 144 Å². The molecule has 194 valence electrons. The Morgan fingerprint density at radius 3 is 1.65 bits per heavy atom. The second kappa shape index (κ2) is 11.4. The summed E-state index contributed by atoms with van der Waals surface area (Å²) >= 11 is 6.29. The first kappa shape index (κ1) is 25.9. The van der Waals surface area contributed by atoms with Crippen molar-refractivity contribution in [3.63, 3.8) is 0 Å². The van der Waals surface area contributed by atoms with E-state index in [0.717, 1.165) is 16.6 Å². The molecule has 0 N–H and O–H groups in total. The van der Waals surface area contributed by atoms with Gasteiger partial charge in [-0.15, -0.1) is 5.10 Å².